The zero-order chi connectivity index (χ0) is 11.4. The molecule has 4 heteroatoms. The summed E-state index contributed by atoms with van der Waals surface area (Å²) in [6.07, 6.45) is 4.26. The minimum atomic E-state index is 0.0811. The van der Waals surface area contributed by atoms with Crippen LogP contribution in [0, 0.1) is 0 Å². The highest BCUT2D eigenvalue weighted by Crippen LogP contribution is 2.17. The van der Waals surface area contributed by atoms with Gasteiger partial charge in [0.25, 0.3) is 0 Å². The van der Waals surface area contributed by atoms with E-state index in [9.17, 15) is 0 Å². The lowest BCUT2D eigenvalue weighted by Gasteiger charge is -2.11. The maximum Gasteiger partial charge on any atom is 0.121 e. The number of hydrogen-bond donors (Lipinski definition) is 1. The molecule has 1 heterocycles. The Kier molecular flexibility index (Phi) is 3.31. The van der Waals surface area contributed by atoms with Gasteiger partial charge in [0.2, 0.25) is 0 Å². The Labute approximate surface area is 94.5 Å². The fourth-order valence-electron chi connectivity index (χ4n) is 1.35. The molecule has 1 atom stereocenters. The Morgan fingerprint density at radius 2 is 2.00 bits per heavy atom. The summed E-state index contributed by atoms with van der Waals surface area (Å²) in [6, 6.07) is 5.75. The Morgan fingerprint density at radius 1 is 1.25 bits per heavy atom. The highest BCUT2D eigenvalue weighted by atomic mass is 16.5. The van der Waals surface area contributed by atoms with Gasteiger partial charge in [-0.3, -0.25) is 9.97 Å². The van der Waals surface area contributed by atoms with Gasteiger partial charge in [-0.15, -0.1) is 0 Å². The number of nitrogens with two attached hydrogens (primary N) is 1. The Hall–Kier alpha value is -1.68. The number of ether oxygens (including phenoxy) is 1. The quantitative estimate of drug-likeness (QED) is 0.847. The normalized spacial score (nSPS) is 12.6. The van der Waals surface area contributed by atoms with Crippen molar-refractivity contribution >= 4 is 11.0 Å². The van der Waals surface area contributed by atoms with E-state index in [2.05, 4.69) is 9.97 Å². The fraction of sp³-hybridized carbons (Fsp3) is 0.333. The van der Waals surface area contributed by atoms with Crippen LogP contribution < -0.4 is 10.5 Å². The minimum Gasteiger partial charge on any atom is -0.492 e. The van der Waals surface area contributed by atoms with Gasteiger partial charge in [-0.2, -0.15) is 0 Å². The lowest BCUT2D eigenvalue weighted by Crippen LogP contribution is -2.26. The third kappa shape index (κ3) is 2.46. The van der Waals surface area contributed by atoms with E-state index in [0.717, 1.165) is 23.2 Å². The zero-order valence-electron chi connectivity index (χ0n) is 9.26. The number of nitrogens with zero attached hydrogens (tertiary/aromatic N) is 2. The molecule has 2 rings (SSSR count). The third-order valence-corrected chi connectivity index (χ3v) is 2.43. The molecule has 0 saturated carbocycles. The monoisotopic (exact) mass is 217 g/mol. The van der Waals surface area contributed by atoms with Gasteiger partial charge in [0.1, 0.15) is 12.4 Å². The predicted molar refractivity (Wildman–Crippen MR) is 63.3 cm³/mol. The molecule has 1 aromatic carbocycles. The smallest absolute Gasteiger partial charge is 0.121 e. The second-order valence-corrected chi connectivity index (χ2v) is 3.69. The summed E-state index contributed by atoms with van der Waals surface area (Å²) in [4.78, 5) is 8.41. The molecule has 0 spiro atoms. The molecule has 84 valence electrons. The first-order valence-electron chi connectivity index (χ1n) is 5.38. The summed E-state index contributed by atoms with van der Waals surface area (Å²) >= 11 is 0. The molecular weight excluding hydrogens is 202 g/mol. The fourth-order valence-corrected chi connectivity index (χ4v) is 1.35. The Morgan fingerprint density at radius 3 is 2.75 bits per heavy atom. The number of fused-ring (bicyclic) bond motifs is 1. The van der Waals surface area contributed by atoms with Crippen LogP contribution in [0.2, 0.25) is 0 Å². The second-order valence-electron chi connectivity index (χ2n) is 3.69. The van der Waals surface area contributed by atoms with E-state index in [4.69, 9.17) is 10.5 Å². The van der Waals surface area contributed by atoms with Gasteiger partial charge in [0, 0.05) is 24.5 Å². The molecule has 4 nitrogen and oxygen atoms in total. The van der Waals surface area contributed by atoms with Crippen LogP contribution >= 0.6 is 0 Å². The van der Waals surface area contributed by atoms with Crippen molar-refractivity contribution < 1.29 is 4.74 Å². The number of hydrogen-bond acceptors (Lipinski definition) is 4. The lowest BCUT2D eigenvalue weighted by molar-refractivity contribution is 0.286. The summed E-state index contributed by atoms with van der Waals surface area (Å²) in [5, 5.41) is 0. The number of aromatic nitrogens is 2. The molecule has 0 saturated heterocycles. The first kappa shape index (κ1) is 10.8. The van der Waals surface area contributed by atoms with E-state index in [1.165, 1.54) is 0 Å². The summed E-state index contributed by atoms with van der Waals surface area (Å²) < 4.78 is 5.57. The maximum atomic E-state index is 5.78. The Bertz CT molecular complexity index is 473. The molecular formula is C12H15N3O. The van der Waals surface area contributed by atoms with Crippen molar-refractivity contribution in [1.82, 2.24) is 9.97 Å². The van der Waals surface area contributed by atoms with Crippen LogP contribution in [0.25, 0.3) is 11.0 Å². The van der Waals surface area contributed by atoms with E-state index < -0.39 is 0 Å². The van der Waals surface area contributed by atoms with Crippen LogP contribution in [0.1, 0.15) is 13.3 Å². The standard InChI is InChI=1S/C12H15N3O/c1-2-9(13)8-16-10-3-4-11-12(7-10)15-6-5-14-11/h3-7,9H,2,8,13H2,1H3. The summed E-state index contributed by atoms with van der Waals surface area (Å²) in [7, 11) is 0. The minimum absolute atomic E-state index is 0.0811. The van der Waals surface area contributed by atoms with E-state index in [1.807, 2.05) is 25.1 Å². The average Bonchev–Trinajstić information content (AvgIpc) is 2.35. The van der Waals surface area contributed by atoms with Gasteiger partial charge in [0.15, 0.2) is 0 Å². The molecule has 1 unspecified atom stereocenters. The summed E-state index contributed by atoms with van der Waals surface area (Å²) in [5.41, 5.74) is 7.49. The van der Waals surface area contributed by atoms with Crippen LogP contribution in [0.3, 0.4) is 0 Å². The maximum absolute atomic E-state index is 5.78. The molecule has 0 amide bonds. The van der Waals surface area contributed by atoms with Crippen LogP contribution in [0.4, 0.5) is 0 Å². The topological polar surface area (TPSA) is 61.0 Å². The average molecular weight is 217 g/mol. The third-order valence-electron chi connectivity index (χ3n) is 2.43. The van der Waals surface area contributed by atoms with Crippen LogP contribution in [0.15, 0.2) is 30.6 Å². The largest absolute Gasteiger partial charge is 0.492 e. The summed E-state index contributed by atoms with van der Waals surface area (Å²) in [5.74, 6) is 0.789. The number of rotatable bonds is 4. The predicted octanol–water partition coefficient (Wildman–Crippen LogP) is 1.75. The van der Waals surface area contributed by atoms with Crippen molar-refractivity contribution in [3.63, 3.8) is 0 Å². The zero-order valence-corrected chi connectivity index (χ0v) is 9.26. The molecule has 2 N–H and O–H groups in total. The molecule has 0 bridgehead atoms. The van der Waals surface area contributed by atoms with E-state index >= 15 is 0 Å². The van der Waals surface area contributed by atoms with Gasteiger partial charge in [0.05, 0.1) is 11.0 Å². The molecule has 0 radical (unpaired) electrons. The van der Waals surface area contributed by atoms with Gasteiger partial charge in [-0.05, 0) is 18.6 Å². The highest BCUT2D eigenvalue weighted by molar-refractivity contribution is 5.75. The highest BCUT2D eigenvalue weighted by Gasteiger charge is 2.02. The van der Waals surface area contributed by atoms with Crippen molar-refractivity contribution in [2.24, 2.45) is 5.73 Å². The molecule has 1 aromatic heterocycles. The second kappa shape index (κ2) is 4.90. The lowest BCUT2D eigenvalue weighted by atomic mass is 10.2. The van der Waals surface area contributed by atoms with E-state index in [1.54, 1.807) is 12.4 Å². The van der Waals surface area contributed by atoms with Crippen molar-refractivity contribution in [1.29, 1.82) is 0 Å². The van der Waals surface area contributed by atoms with Crippen molar-refractivity contribution in [2.75, 3.05) is 6.61 Å². The van der Waals surface area contributed by atoms with Crippen LogP contribution in [-0.4, -0.2) is 22.6 Å². The van der Waals surface area contributed by atoms with Gasteiger partial charge < -0.3 is 10.5 Å². The molecule has 0 aliphatic rings. The molecule has 16 heavy (non-hydrogen) atoms. The van der Waals surface area contributed by atoms with Crippen LogP contribution in [0.5, 0.6) is 5.75 Å². The van der Waals surface area contributed by atoms with E-state index in [-0.39, 0.29) is 6.04 Å². The van der Waals surface area contributed by atoms with Crippen molar-refractivity contribution in [2.45, 2.75) is 19.4 Å². The van der Waals surface area contributed by atoms with Gasteiger partial charge >= 0.3 is 0 Å². The van der Waals surface area contributed by atoms with Gasteiger partial charge in [-0.1, -0.05) is 6.92 Å². The summed E-state index contributed by atoms with van der Waals surface area (Å²) in [6.45, 7) is 2.57. The first-order chi connectivity index (χ1) is 7.79. The molecule has 0 aliphatic heterocycles. The Balaban J connectivity index is 2.13. The SMILES string of the molecule is CCC(N)COc1ccc2nccnc2c1. The molecule has 0 aliphatic carbocycles. The first-order valence-corrected chi connectivity index (χ1v) is 5.38. The number of benzene rings is 1. The van der Waals surface area contributed by atoms with Crippen LogP contribution in [-0.2, 0) is 0 Å². The van der Waals surface area contributed by atoms with E-state index in [0.29, 0.717) is 6.61 Å². The van der Waals surface area contributed by atoms with Crippen molar-refractivity contribution in [3.05, 3.63) is 30.6 Å². The molecule has 0 fully saturated rings. The van der Waals surface area contributed by atoms with Crippen molar-refractivity contribution in [3.8, 4) is 5.75 Å². The molecule has 2 aromatic rings. The van der Waals surface area contributed by atoms with Gasteiger partial charge in [-0.25, -0.2) is 0 Å².